The van der Waals surface area contributed by atoms with Gasteiger partial charge in [0.2, 0.25) is 11.0 Å². The third-order valence-electron chi connectivity index (χ3n) is 4.74. The summed E-state index contributed by atoms with van der Waals surface area (Å²) in [4.78, 5) is 13.6. The molecule has 2 heterocycles. The highest BCUT2D eigenvalue weighted by Gasteiger charge is 2.21. The van der Waals surface area contributed by atoms with E-state index in [9.17, 15) is 18.5 Å². The number of hydrogen-bond acceptors (Lipinski definition) is 9. The first kappa shape index (κ1) is 23.6. The minimum Gasteiger partial charge on any atom is -0.379 e. The van der Waals surface area contributed by atoms with E-state index in [2.05, 4.69) is 15.5 Å². The zero-order valence-corrected chi connectivity index (χ0v) is 20.3. The van der Waals surface area contributed by atoms with Crippen LogP contribution in [0.4, 0.5) is 5.13 Å². The number of benzene rings is 2. The highest BCUT2D eigenvalue weighted by Crippen LogP contribution is 2.30. The topological polar surface area (TPSA) is 122 Å². The van der Waals surface area contributed by atoms with Crippen LogP contribution in [0.15, 0.2) is 70.9 Å². The van der Waals surface area contributed by atoms with Gasteiger partial charge in [-0.05, 0) is 54.6 Å². The Bertz CT molecular complexity index is 1420. The number of aryl methyl sites for hydroxylation is 1. The number of nitriles is 1. The lowest BCUT2D eigenvalue weighted by Crippen LogP contribution is -2.23. The molecule has 34 heavy (non-hydrogen) atoms. The van der Waals surface area contributed by atoms with E-state index in [0.29, 0.717) is 15.7 Å². The number of anilines is 1. The molecule has 1 N–H and O–H groups in total. The van der Waals surface area contributed by atoms with Gasteiger partial charge in [-0.3, -0.25) is 10.1 Å². The molecular weight excluding hydrogens is 492 g/mol. The summed E-state index contributed by atoms with van der Waals surface area (Å²) >= 11 is 2.75. The normalized spacial score (nSPS) is 12.0. The molecule has 2 aromatic heterocycles. The fourth-order valence-electron chi connectivity index (χ4n) is 2.96. The van der Waals surface area contributed by atoms with E-state index in [1.165, 1.54) is 46.9 Å². The number of carbonyl (C=O) groups excluding carboxylic acids is 1. The number of nitrogens with one attached hydrogen (secondary N) is 1. The second-order valence-corrected chi connectivity index (χ2v) is 10.7. The van der Waals surface area contributed by atoms with E-state index >= 15 is 0 Å². The summed E-state index contributed by atoms with van der Waals surface area (Å²) in [5.74, 6) is -1.31. The van der Waals surface area contributed by atoms with Crippen LogP contribution in [0.25, 0.3) is 9.88 Å². The van der Waals surface area contributed by atoms with Crippen molar-refractivity contribution in [2.45, 2.75) is 18.2 Å². The highest BCUT2D eigenvalue weighted by molar-refractivity contribution is 7.87. The SMILES string of the molecule is Cc1ccc(S(=O)(=O)Oc2ccc(CC(C#N)C(=O)Nc3nnc(-c4cccs4)s3)cc2)cc1. The van der Waals surface area contributed by atoms with Gasteiger partial charge in [-0.2, -0.15) is 13.7 Å². The summed E-state index contributed by atoms with van der Waals surface area (Å²) in [6.45, 7) is 1.86. The van der Waals surface area contributed by atoms with Crippen LogP contribution >= 0.6 is 22.7 Å². The van der Waals surface area contributed by atoms with Gasteiger partial charge in [-0.15, -0.1) is 21.5 Å². The fraction of sp³-hybridized carbons (Fsp3) is 0.130. The van der Waals surface area contributed by atoms with Crippen molar-refractivity contribution in [1.82, 2.24) is 10.2 Å². The van der Waals surface area contributed by atoms with Crippen LogP contribution in [0, 0.1) is 24.2 Å². The number of hydrogen-bond donors (Lipinski definition) is 1. The lowest BCUT2D eigenvalue weighted by Gasteiger charge is -2.10. The van der Waals surface area contributed by atoms with Crippen LogP contribution in [0.1, 0.15) is 11.1 Å². The lowest BCUT2D eigenvalue weighted by atomic mass is 10.00. The largest absolute Gasteiger partial charge is 0.379 e. The molecule has 0 bridgehead atoms. The van der Waals surface area contributed by atoms with Crippen molar-refractivity contribution in [3.05, 3.63) is 77.2 Å². The Labute approximate surface area is 204 Å². The Morgan fingerprint density at radius 2 is 1.85 bits per heavy atom. The summed E-state index contributed by atoms with van der Waals surface area (Å²) < 4.78 is 30.1. The molecule has 0 spiro atoms. The summed E-state index contributed by atoms with van der Waals surface area (Å²) in [6, 6.07) is 18.4. The van der Waals surface area contributed by atoms with Crippen molar-refractivity contribution in [1.29, 1.82) is 5.26 Å². The molecule has 0 aliphatic heterocycles. The molecule has 1 atom stereocenters. The van der Waals surface area contributed by atoms with Crippen molar-refractivity contribution in [3.8, 4) is 21.7 Å². The van der Waals surface area contributed by atoms with Crippen LogP contribution in [-0.2, 0) is 21.3 Å². The molecule has 2 aromatic carbocycles. The number of nitrogens with zero attached hydrogens (tertiary/aromatic N) is 3. The van der Waals surface area contributed by atoms with Gasteiger partial charge in [0.05, 0.1) is 10.9 Å². The maximum Gasteiger partial charge on any atom is 0.339 e. The van der Waals surface area contributed by atoms with Crippen LogP contribution in [0.5, 0.6) is 5.75 Å². The Morgan fingerprint density at radius 1 is 1.12 bits per heavy atom. The molecule has 0 saturated carbocycles. The summed E-state index contributed by atoms with van der Waals surface area (Å²) in [5, 5.41) is 23.1. The minimum atomic E-state index is -3.96. The number of carbonyl (C=O) groups is 1. The number of rotatable bonds is 8. The van der Waals surface area contributed by atoms with Gasteiger partial charge in [0.15, 0.2) is 5.01 Å². The highest BCUT2D eigenvalue weighted by atomic mass is 32.2. The van der Waals surface area contributed by atoms with Crippen LogP contribution in [0.2, 0.25) is 0 Å². The lowest BCUT2D eigenvalue weighted by molar-refractivity contribution is -0.118. The molecule has 0 aliphatic rings. The predicted octanol–water partition coefficient (Wildman–Crippen LogP) is 4.66. The Hall–Kier alpha value is -3.59. The quantitative estimate of drug-likeness (QED) is 0.342. The average molecular weight is 511 g/mol. The molecule has 8 nitrogen and oxygen atoms in total. The van der Waals surface area contributed by atoms with Gasteiger partial charge < -0.3 is 4.18 Å². The van der Waals surface area contributed by atoms with Gasteiger partial charge in [-0.1, -0.05) is 47.2 Å². The zero-order chi connectivity index (χ0) is 24.1. The van der Waals surface area contributed by atoms with E-state index in [1.807, 2.05) is 30.5 Å². The van der Waals surface area contributed by atoms with E-state index in [1.54, 1.807) is 24.3 Å². The van der Waals surface area contributed by atoms with E-state index < -0.39 is 21.9 Å². The zero-order valence-electron chi connectivity index (χ0n) is 17.8. The van der Waals surface area contributed by atoms with Crippen molar-refractivity contribution in [2.75, 3.05) is 5.32 Å². The Morgan fingerprint density at radius 3 is 2.50 bits per heavy atom. The van der Waals surface area contributed by atoms with E-state index in [4.69, 9.17) is 4.18 Å². The standard InChI is InChI=1S/C23H18N4O4S3/c1-15-4-10-19(11-5-15)34(29,30)31-18-8-6-16(7-9-18)13-17(14-24)21(28)25-23-27-26-22(33-23)20-3-2-12-32-20/h2-12,17H,13H2,1H3,(H,25,27,28). The molecule has 0 fully saturated rings. The van der Waals surface area contributed by atoms with E-state index in [0.717, 1.165) is 10.4 Å². The first-order valence-electron chi connectivity index (χ1n) is 10.0. The molecule has 11 heteroatoms. The predicted molar refractivity (Wildman–Crippen MR) is 130 cm³/mol. The summed E-state index contributed by atoms with van der Waals surface area (Å²) in [6.07, 6.45) is 0.143. The molecule has 0 aliphatic carbocycles. The second kappa shape index (κ2) is 10.1. The van der Waals surface area contributed by atoms with Gasteiger partial charge in [0.25, 0.3) is 0 Å². The van der Waals surface area contributed by atoms with Gasteiger partial charge in [0.1, 0.15) is 16.6 Å². The van der Waals surface area contributed by atoms with Crippen LogP contribution in [0.3, 0.4) is 0 Å². The fourth-order valence-corrected chi connectivity index (χ4v) is 5.43. The molecule has 0 saturated heterocycles. The third kappa shape index (κ3) is 5.66. The van der Waals surface area contributed by atoms with Crippen LogP contribution < -0.4 is 9.50 Å². The smallest absolute Gasteiger partial charge is 0.339 e. The average Bonchev–Trinajstić information content (AvgIpc) is 3.51. The molecular formula is C23H18N4O4S3. The van der Waals surface area contributed by atoms with Crippen LogP contribution in [-0.4, -0.2) is 24.5 Å². The molecule has 0 radical (unpaired) electrons. The van der Waals surface area contributed by atoms with Crippen molar-refractivity contribution < 1.29 is 17.4 Å². The molecule has 172 valence electrons. The molecule has 1 unspecified atom stereocenters. The summed E-state index contributed by atoms with van der Waals surface area (Å²) in [7, 11) is -3.96. The number of aromatic nitrogens is 2. The molecule has 4 rings (SSSR count). The third-order valence-corrected chi connectivity index (χ3v) is 7.88. The molecule has 4 aromatic rings. The maximum atomic E-state index is 12.6. The Kier molecular flexibility index (Phi) is 7.02. The van der Waals surface area contributed by atoms with E-state index in [-0.39, 0.29) is 17.1 Å². The summed E-state index contributed by atoms with van der Waals surface area (Å²) in [5.41, 5.74) is 1.62. The van der Waals surface area contributed by atoms with Gasteiger partial charge in [-0.25, -0.2) is 0 Å². The van der Waals surface area contributed by atoms with Gasteiger partial charge >= 0.3 is 10.1 Å². The first-order valence-corrected chi connectivity index (χ1v) is 13.1. The monoisotopic (exact) mass is 510 g/mol. The number of amides is 1. The van der Waals surface area contributed by atoms with Crippen molar-refractivity contribution >= 4 is 43.8 Å². The van der Waals surface area contributed by atoms with Crippen molar-refractivity contribution in [2.24, 2.45) is 5.92 Å². The molecule has 1 amide bonds. The minimum absolute atomic E-state index is 0.0577. The van der Waals surface area contributed by atoms with Crippen molar-refractivity contribution in [3.63, 3.8) is 0 Å². The Balaban J connectivity index is 1.38. The first-order chi connectivity index (χ1) is 16.3. The second-order valence-electron chi connectivity index (χ2n) is 7.26. The number of thiophene rings is 1. The van der Waals surface area contributed by atoms with Gasteiger partial charge in [0, 0.05) is 0 Å². The maximum absolute atomic E-state index is 12.6.